The van der Waals surface area contributed by atoms with E-state index in [1.54, 1.807) is 6.33 Å². The molecule has 3 aromatic rings. The third kappa shape index (κ3) is 3.37. The van der Waals surface area contributed by atoms with Gasteiger partial charge in [-0.2, -0.15) is 0 Å². The van der Waals surface area contributed by atoms with Gasteiger partial charge >= 0.3 is 0 Å². The Bertz CT molecular complexity index is 1130. The van der Waals surface area contributed by atoms with E-state index in [2.05, 4.69) is 9.88 Å². The van der Waals surface area contributed by atoms with Gasteiger partial charge in [-0.05, 0) is 44.1 Å². The molecule has 156 valence electrons. The molecule has 1 aromatic carbocycles. The lowest BCUT2D eigenvalue weighted by molar-refractivity contribution is -0.138. The molecule has 30 heavy (non-hydrogen) atoms. The van der Waals surface area contributed by atoms with E-state index in [4.69, 9.17) is 0 Å². The van der Waals surface area contributed by atoms with Crippen molar-refractivity contribution in [3.63, 3.8) is 0 Å². The number of carbonyl (C=O) groups excluding carboxylic acids is 1. The van der Waals surface area contributed by atoms with Crippen LogP contribution < -0.4 is 5.56 Å². The van der Waals surface area contributed by atoms with Crippen molar-refractivity contribution < 1.29 is 4.79 Å². The number of rotatable bonds is 3. The van der Waals surface area contributed by atoms with Gasteiger partial charge in [0.05, 0.1) is 11.7 Å². The van der Waals surface area contributed by atoms with Crippen molar-refractivity contribution in [3.05, 3.63) is 51.9 Å². The summed E-state index contributed by atoms with van der Waals surface area (Å²) < 4.78 is 1.51. The molecule has 1 amide bonds. The van der Waals surface area contributed by atoms with E-state index in [1.807, 2.05) is 37.3 Å². The Morgan fingerprint density at radius 1 is 1.13 bits per heavy atom. The van der Waals surface area contributed by atoms with Crippen LogP contribution in [0.2, 0.25) is 0 Å². The standard InChI is InChI=1S/C24H27N3O2S/c1-16-21(18-9-3-2-4-10-18)22-23(30-16)25-15-26(24(22)29)14-20(28)27-13-7-11-17-8-5-6-12-19(17)27/h2-4,9-10,15,17,19H,5-8,11-14H2,1H3/t17-,19-/m1/s1. The minimum absolute atomic E-state index is 0.0584. The number of hydrogen-bond donors (Lipinski definition) is 0. The first-order valence-electron chi connectivity index (χ1n) is 11.0. The molecule has 1 saturated heterocycles. The van der Waals surface area contributed by atoms with Gasteiger partial charge in [0, 0.05) is 23.0 Å². The molecule has 0 bridgehead atoms. The molecule has 1 saturated carbocycles. The highest BCUT2D eigenvalue weighted by Gasteiger charge is 2.35. The molecule has 0 unspecified atom stereocenters. The number of fused-ring (bicyclic) bond motifs is 2. The fourth-order valence-corrected chi connectivity index (χ4v) is 6.38. The quantitative estimate of drug-likeness (QED) is 0.620. The van der Waals surface area contributed by atoms with Crippen LogP contribution in [0.25, 0.3) is 21.3 Å². The third-order valence-corrected chi connectivity index (χ3v) is 7.80. The molecule has 2 atom stereocenters. The summed E-state index contributed by atoms with van der Waals surface area (Å²) in [5, 5.41) is 0.633. The second kappa shape index (κ2) is 7.99. The zero-order valence-corrected chi connectivity index (χ0v) is 18.2. The highest BCUT2D eigenvalue weighted by Crippen LogP contribution is 2.36. The molecule has 1 aliphatic heterocycles. The molecule has 0 spiro atoms. The molecule has 2 fully saturated rings. The van der Waals surface area contributed by atoms with E-state index in [0.717, 1.165) is 40.2 Å². The summed E-state index contributed by atoms with van der Waals surface area (Å²) >= 11 is 1.54. The molecule has 2 aliphatic rings. The van der Waals surface area contributed by atoms with Crippen LogP contribution in [0.15, 0.2) is 41.5 Å². The zero-order chi connectivity index (χ0) is 20.7. The fraction of sp³-hybridized carbons (Fsp3) is 0.458. The van der Waals surface area contributed by atoms with Gasteiger partial charge in [-0.3, -0.25) is 14.2 Å². The first-order chi connectivity index (χ1) is 14.6. The summed E-state index contributed by atoms with van der Waals surface area (Å²) in [7, 11) is 0. The summed E-state index contributed by atoms with van der Waals surface area (Å²) in [4.78, 5) is 35.0. The Labute approximate surface area is 180 Å². The summed E-state index contributed by atoms with van der Waals surface area (Å²) in [5.41, 5.74) is 1.85. The van der Waals surface area contributed by atoms with Gasteiger partial charge in [0.25, 0.3) is 5.56 Å². The van der Waals surface area contributed by atoms with Crippen LogP contribution in [0.3, 0.4) is 0 Å². The average Bonchev–Trinajstić information content (AvgIpc) is 3.12. The predicted molar refractivity (Wildman–Crippen MR) is 121 cm³/mol. The number of benzene rings is 1. The van der Waals surface area contributed by atoms with Crippen molar-refractivity contribution in [2.75, 3.05) is 6.54 Å². The van der Waals surface area contributed by atoms with Crippen LogP contribution in [0.1, 0.15) is 43.4 Å². The first-order valence-corrected chi connectivity index (χ1v) is 11.8. The molecule has 6 heteroatoms. The van der Waals surface area contributed by atoms with Crippen molar-refractivity contribution >= 4 is 27.5 Å². The number of amides is 1. The van der Waals surface area contributed by atoms with E-state index in [9.17, 15) is 9.59 Å². The molecule has 5 nitrogen and oxygen atoms in total. The second-order valence-corrected chi connectivity index (χ2v) is 9.80. The molecule has 0 N–H and O–H groups in total. The number of piperidine rings is 1. The molecular formula is C24H27N3O2S. The predicted octanol–water partition coefficient (Wildman–Crippen LogP) is 4.61. The van der Waals surface area contributed by atoms with Crippen molar-refractivity contribution in [1.82, 2.24) is 14.5 Å². The van der Waals surface area contributed by atoms with Gasteiger partial charge in [-0.15, -0.1) is 11.3 Å². The summed E-state index contributed by atoms with van der Waals surface area (Å²) in [5.74, 6) is 0.695. The van der Waals surface area contributed by atoms with Crippen molar-refractivity contribution in [1.29, 1.82) is 0 Å². The summed E-state index contributed by atoms with van der Waals surface area (Å²) in [6.07, 6.45) is 8.67. The summed E-state index contributed by atoms with van der Waals surface area (Å²) in [6.45, 7) is 2.92. The number of likely N-dealkylation sites (tertiary alicyclic amines) is 1. The van der Waals surface area contributed by atoms with E-state index < -0.39 is 0 Å². The normalized spacial score (nSPS) is 21.6. The molecule has 0 radical (unpaired) electrons. The van der Waals surface area contributed by atoms with Crippen molar-refractivity contribution in [3.8, 4) is 11.1 Å². The lowest BCUT2D eigenvalue weighted by atomic mass is 9.78. The Hall–Kier alpha value is -2.47. The van der Waals surface area contributed by atoms with E-state index in [0.29, 0.717) is 17.3 Å². The van der Waals surface area contributed by atoms with Crippen molar-refractivity contribution in [2.24, 2.45) is 5.92 Å². The zero-order valence-electron chi connectivity index (χ0n) is 17.3. The minimum Gasteiger partial charge on any atom is -0.338 e. The Morgan fingerprint density at radius 2 is 1.90 bits per heavy atom. The first kappa shape index (κ1) is 19.5. The van der Waals surface area contributed by atoms with E-state index in [1.165, 1.54) is 41.6 Å². The Kier molecular flexibility index (Phi) is 5.19. The smallest absolute Gasteiger partial charge is 0.263 e. The van der Waals surface area contributed by atoms with E-state index in [-0.39, 0.29) is 18.0 Å². The molecular weight excluding hydrogens is 394 g/mol. The van der Waals surface area contributed by atoms with Crippen molar-refractivity contribution in [2.45, 2.75) is 58.0 Å². The highest BCUT2D eigenvalue weighted by molar-refractivity contribution is 7.19. The van der Waals surface area contributed by atoms with Gasteiger partial charge in [-0.25, -0.2) is 4.98 Å². The molecule has 2 aromatic heterocycles. The second-order valence-electron chi connectivity index (χ2n) is 8.60. The average molecular weight is 422 g/mol. The lowest BCUT2D eigenvalue weighted by Gasteiger charge is -2.44. The van der Waals surface area contributed by atoms with Gasteiger partial charge in [0.15, 0.2) is 0 Å². The van der Waals surface area contributed by atoms with Crippen LogP contribution in [0.4, 0.5) is 0 Å². The maximum absolute atomic E-state index is 13.4. The number of thiophene rings is 1. The monoisotopic (exact) mass is 421 g/mol. The number of aryl methyl sites for hydroxylation is 1. The number of hydrogen-bond acceptors (Lipinski definition) is 4. The SMILES string of the molecule is Cc1sc2ncn(CC(=O)N3CCC[C@H]4CCCC[C@H]43)c(=O)c2c1-c1ccccc1. The third-order valence-electron chi connectivity index (χ3n) is 6.79. The van der Waals surface area contributed by atoms with Crippen LogP contribution >= 0.6 is 11.3 Å². The molecule has 3 heterocycles. The van der Waals surface area contributed by atoms with Crippen LogP contribution in [0.5, 0.6) is 0 Å². The van der Waals surface area contributed by atoms with Gasteiger partial charge in [-0.1, -0.05) is 43.2 Å². The maximum atomic E-state index is 13.4. The highest BCUT2D eigenvalue weighted by atomic mass is 32.1. The van der Waals surface area contributed by atoms with Crippen LogP contribution in [-0.2, 0) is 11.3 Å². The number of nitrogens with zero attached hydrogens (tertiary/aromatic N) is 3. The topological polar surface area (TPSA) is 55.2 Å². The van der Waals surface area contributed by atoms with Gasteiger partial charge in [0.1, 0.15) is 11.4 Å². The lowest BCUT2D eigenvalue weighted by Crippen LogP contribution is -2.51. The van der Waals surface area contributed by atoms with Crippen LogP contribution in [-0.4, -0.2) is 32.9 Å². The van der Waals surface area contributed by atoms with Crippen LogP contribution in [0, 0.1) is 12.8 Å². The number of carbonyl (C=O) groups is 1. The van der Waals surface area contributed by atoms with Gasteiger partial charge in [0.2, 0.25) is 5.91 Å². The fourth-order valence-electron chi connectivity index (χ4n) is 5.37. The molecule has 5 rings (SSSR count). The summed E-state index contributed by atoms with van der Waals surface area (Å²) in [6, 6.07) is 10.3. The minimum atomic E-state index is -0.117. The molecule has 1 aliphatic carbocycles. The largest absolute Gasteiger partial charge is 0.338 e. The van der Waals surface area contributed by atoms with E-state index >= 15 is 0 Å². The maximum Gasteiger partial charge on any atom is 0.263 e. The van der Waals surface area contributed by atoms with Gasteiger partial charge < -0.3 is 4.90 Å². The Morgan fingerprint density at radius 3 is 2.73 bits per heavy atom. The Balaban J connectivity index is 1.49. The number of aromatic nitrogens is 2.